The van der Waals surface area contributed by atoms with Crippen LogP contribution >= 0.6 is 0 Å². The minimum atomic E-state index is -3.60. The molecule has 3 aromatic rings. The van der Waals surface area contributed by atoms with Crippen molar-refractivity contribution >= 4 is 21.6 Å². The molecule has 35 heavy (non-hydrogen) atoms. The molecule has 3 aromatic carbocycles. The summed E-state index contributed by atoms with van der Waals surface area (Å²) in [5.74, 6) is 1.54. The van der Waals surface area contributed by atoms with Crippen LogP contribution in [0.5, 0.6) is 11.5 Å². The number of ether oxygens (including phenoxy) is 1. The van der Waals surface area contributed by atoms with Crippen LogP contribution in [0.1, 0.15) is 48.0 Å². The van der Waals surface area contributed by atoms with Crippen molar-refractivity contribution in [3.05, 3.63) is 90.0 Å². The maximum absolute atomic E-state index is 12.8. The molecule has 0 bridgehead atoms. The average molecular weight is 493 g/mol. The molecule has 0 aliphatic heterocycles. The maximum atomic E-state index is 12.8. The summed E-state index contributed by atoms with van der Waals surface area (Å²) in [5.41, 5.74) is 1.80. The van der Waals surface area contributed by atoms with E-state index in [0.29, 0.717) is 35.2 Å². The van der Waals surface area contributed by atoms with Gasteiger partial charge in [-0.3, -0.25) is 9.10 Å². The summed E-state index contributed by atoms with van der Waals surface area (Å²) in [6, 6.07) is 23.4. The first-order valence-corrected chi connectivity index (χ1v) is 13.9. The van der Waals surface area contributed by atoms with Crippen LogP contribution in [0.2, 0.25) is 0 Å². The van der Waals surface area contributed by atoms with Gasteiger partial charge in [0.1, 0.15) is 5.75 Å². The predicted octanol–water partition coefficient (Wildman–Crippen LogP) is 5.76. The highest BCUT2D eigenvalue weighted by molar-refractivity contribution is 7.92. The van der Waals surface area contributed by atoms with E-state index in [4.69, 9.17) is 4.74 Å². The fourth-order valence-electron chi connectivity index (χ4n) is 4.40. The van der Waals surface area contributed by atoms with Crippen molar-refractivity contribution in [2.24, 2.45) is 5.92 Å². The van der Waals surface area contributed by atoms with Gasteiger partial charge in [-0.2, -0.15) is 0 Å². The molecule has 0 radical (unpaired) electrons. The summed E-state index contributed by atoms with van der Waals surface area (Å²) in [7, 11) is -3.60. The molecule has 184 valence electrons. The van der Waals surface area contributed by atoms with Gasteiger partial charge in [-0.25, -0.2) is 8.42 Å². The Balaban J connectivity index is 1.48. The van der Waals surface area contributed by atoms with E-state index in [2.05, 4.69) is 5.32 Å². The molecule has 0 aromatic heterocycles. The number of carbonyl (C=O) groups excluding carboxylic acids is 1. The van der Waals surface area contributed by atoms with Crippen molar-refractivity contribution in [3.8, 4) is 11.5 Å². The summed E-state index contributed by atoms with van der Waals surface area (Å²) in [6.45, 7) is 0.832. The highest BCUT2D eigenvalue weighted by Gasteiger charge is 2.22. The molecule has 1 aliphatic carbocycles. The molecular weight excluding hydrogens is 460 g/mol. The second-order valence-electron chi connectivity index (χ2n) is 9.06. The minimum Gasteiger partial charge on any atom is -0.455 e. The molecule has 0 heterocycles. The number of para-hydroxylation sites is 3. The zero-order valence-electron chi connectivity index (χ0n) is 20.0. The Bertz CT molecular complexity index is 1220. The lowest BCUT2D eigenvalue weighted by Crippen LogP contribution is -2.30. The molecule has 7 heteroatoms. The number of hydrogen-bond donors (Lipinski definition) is 1. The Hall–Kier alpha value is -3.32. The molecule has 1 N–H and O–H groups in total. The van der Waals surface area contributed by atoms with E-state index >= 15 is 0 Å². The fraction of sp³-hybridized carbons (Fsp3) is 0.321. The number of sulfonamides is 1. The molecule has 1 fully saturated rings. The van der Waals surface area contributed by atoms with Crippen molar-refractivity contribution in [1.82, 2.24) is 5.32 Å². The van der Waals surface area contributed by atoms with Crippen LogP contribution in [-0.2, 0) is 16.6 Å². The molecule has 0 saturated heterocycles. The van der Waals surface area contributed by atoms with Crippen LogP contribution in [0.15, 0.2) is 78.9 Å². The molecule has 6 nitrogen and oxygen atoms in total. The standard InChI is InChI=1S/C28H32N2O4S/c1-35(32,33)30(26-14-8-9-15-27(26)34-25-12-6-3-7-13-25)21-23-16-18-24(19-17-23)28(31)29-20-22-10-4-2-5-11-22/h3,6-9,12-19,22H,2,4-5,10-11,20-21H2,1H3,(H,29,31). The normalized spacial score (nSPS) is 14.3. The fourth-order valence-corrected chi connectivity index (χ4v) is 5.30. The summed E-state index contributed by atoms with van der Waals surface area (Å²) in [4.78, 5) is 12.6. The van der Waals surface area contributed by atoms with Gasteiger partial charge in [-0.1, -0.05) is 61.7 Å². The Morgan fingerprint density at radius 3 is 2.26 bits per heavy atom. The first kappa shape index (κ1) is 24.8. The van der Waals surface area contributed by atoms with Gasteiger partial charge in [0, 0.05) is 12.1 Å². The molecule has 0 unspecified atom stereocenters. The summed E-state index contributed by atoms with van der Waals surface area (Å²) < 4.78 is 32.8. The van der Waals surface area contributed by atoms with Gasteiger partial charge in [0.2, 0.25) is 10.0 Å². The smallest absolute Gasteiger partial charge is 0.251 e. The first-order chi connectivity index (χ1) is 16.9. The average Bonchev–Trinajstić information content (AvgIpc) is 2.87. The topological polar surface area (TPSA) is 75.7 Å². The van der Waals surface area contributed by atoms with E-state index < -0.39 is 10.0 Å². The van der Waals surface area contributed by atoms with Crippen LogP contribution in [0.25, 0.3) is 0 Å². The molecule has 1 amide bonds. The van der Waals surface area contributed by atoms with Gasteiger partial charge in [0.15, 0.2) is 5.75 Å². The number of nitrogens with zero attached hydrogens (tertiary/aromatic N) is 1. The van der Waals surface area contributed by atoms with Crippen molar-refractivity contribution in [3.63, 3.8) is 0 Å². The van der Waals surface area contributed by atoms with Crippen LogP contribution < -0.4 is 14.4 Å². The van der Waals surface area contributed by atoms with E-state index in [9.17, 15) is 13.2 Å². The van der Waals surface area contributed by atoms with Crippen molar-refractivity contribution < 1.29 is 17.9 Å². The predicted molar refractivity (Wildman–Crippen MR) is 139 cm³/mol. The second-order valence-corrected chi connectivity index (χ2v) is 11.0. The van der Waals surface area contributed by atoms with Gasteiger partial charge in [-0.05, 0) is 60.7 Å². The van der Waals surface area contributed by atoms with Crippen molar-refractivity contribution in [2.45, 2.75) is 38.6 Å². The Morgan fingerprint density at radius 1 is 0.914 bits per heavy atom. The van der Waals surface area contributed by atoms with Crippen molar-refractivity contribution in [2.75, 3.05) is 17.1 Å². The van der Waals surface area contributed by atoms with Gasteiger partial charge < -0.3 is 10.1 Å². The summed E-state index contributed by atoms with van der Waals surface area (Å²) in [6.07, 6.45) is 7.31. The quantitative estimate of drug-likeness (QED) is 0.412. The van der Waals surface area contributed by atoms with Crippen LogP contribution in [0, 0.1) is 5.92 Å². The Kier molecular flexibility index (Phi) is 8.08. The van der Waals surface area contributed by atoms with Crippen molar-refractivity contribution in [1.29, 1.82) is 0 Å². The van der Waals surface area contributed by atoms with E-state index in [1.807, 2.05) is 36.4 Å². The largest absolute Gasteiger partial charge is 0.455 e. The zero-order chi connectivity index (χ0) is 24.7. The Morgan fingerprint density at radius 2 is 1.57 bits per heavy atom. The number of hydrogen-bond acceptors (Lipinski definition) is 4. The van der Waals surface area contributed by atoms with Crippen LogP contribution in [0.4, 0.5) is 5.69 Å². The third-order valence-corrected chi connectivity index (χ3v) is 7.45. The lowest BCUT2D eigenvalue weighted by molar-refractivity contribution is 0.0943. The molecule has 4 rings (SSSR count). The SMILES string of the molecule is CS(=O)(=O)N(Cc1ccc(C(=O)NCC2CCCCC2)cc1)c1ccccc1Oc1ccccc1. The van der Waals surface area contributed by atoms with Crippen LogP contribution in [0.3, 0.4) is 0 Å². The van der Waals surface area contributed by atoms with E-state index in [-0.39, 0.29) is 12.5 Å². The van der Waals surface area contributed by atoms with Gasteiger partial charge in [0.05, 0.1) is 18.5 Å². The maximum Gasteiger partial charge on any atom is 0.251 e. The number of carbonyl (C=O) groups is 1. The van der Waals surface area contributed by atoms with E-state index in [1.165, 1.54) is 42.7 Å². The minimum absolute atomic E-state index is 0.0938. The molecule has 1 saturated carbocycles. The molecule has 1 aliphatic rings. The van der Waals surface area contributed by atoms with E-state index in [0.717, 1.165) is 5.56 Å². The molecule has 0 atom stereocenters. The summed E-state index contributed by atoms with van der Waals surface area (Å²) >= 11 is 0. The highest BCUT2D eigenvalue weighted by Crippen LogP contribution is 2.34. The van der Waals surface area contributed by atoms with E-state index in [1.54, 1.807) is 42.5 Å². The number of amides is 1. The molecule has 0 spiro atoms. The third-order valence-electron chi connectivity index (χ3n) is 6.32. The number of benzene rings is 3. The van der Waals surface area contributed by atoms with Gasteiger partial charge in [0.25, 0.3) is 5.91 Å². The second kappa shape index (κ2) is 11.4. The highest BCUT2D eigenvalue weighted by atomic mass is 32.2. The molecular formula is C28H32N2O4S. The third kappa shape index (κ3) is 6.85. The summed E-state index contributed by atoms with van der Waals surface area (Å²) in [5, 5.41) is 3.05. The van der Waals surface area contributed by atoms with Gasteiger partial charge in [-0.15, -0.1) is 0 Å². The number of anilines is 1. The lowest BCUT2D eigenvalue weighted by atomic mass is 9.89. The Labute approximate surface area is 208 Å². The first-order valence-electron chi connectivity index (χ1n) is 12.1. The lowest BCUT2D eigenvalue weighted by Gasteiger charge is -2.25. The van der Waals surface area contributed by atoms with Crippen LogP contribution in [-0.4, -0.2) is 27.1 Å². The van der Waals surface area contributed by atoms with Gasteiger partial charge >= 0.3 is 0 Å². The number of nitrogens with one attached hydrogen (secondary N) is 1. The number of rotatable bonds is 9. The zero-order valence-corrected chi connectivity index (χ0v) is 20.8. The monoisotopic (exact) mass is 492 g/mol.